The van der Waals surface area contributed by atoms with Crippen molar-refractivity contribution in [3.8, 4) is 0 Å². The van der Waals surface area contributed by atoms with E-state index < -0.39 is 0 Å². The van der Waals surface area contributed by atoms with Gasteiger partial charge in [0.15, 0.2) is 0 Å². The zero-order valence-corrected chi connectivity index (χ0v) is 17.2. The summed E-state index contributed by atoms with van der Waals surface area (Å²) in [5, 5.41) is 3.10. The molecule has 0 bridgehead atoms. The van der Waals surface area contributed by atoms with Crippen LogP contribution in [0.1, 0.15) is 21.7 Å². The fourth-order valence-electron chi connectivity index (χ4n) is 1.73. The lowest BCUT2D eigenvalue weighted by molar-refractivity contribution is 1.27. The third-order valence-corrected chi connectivity index (χ3v) is 3.82. The van der Waals surface area contributed by atoms with E-state index >= 15 is 0 Å². The number of thiazole rings is 1. The highest BCUT2D eigenvalue weighted by atomic mass is 32.1. The third-order valence-electron chi connectivity index (χ3n) is 3.12. The van der Waals surface area contributed by atoms with Crippen molar-refractivity contribution in [3.63, 3.8) is 0 Å². The zero-order chi connectivity index (χ0) is 19.7. The van der Waals surface area contributed by atoms with Crippen molar-refractivity contribution in [1.82, 2.24) is 15.0 Å². The van der Waals surface area contributed by atoms with Crippen LogP contribution in [0.4, 0.5) is 0 Å². The second kappa shape index (κ2) is 14.3. The quantitative estimate of drug-likeness (QED) is 0.365. The second-order valence-corrected chi connectivity index (χ2v) is 6.87. The standard InChI is InChI=1S/C7H8.2C6H7N.C4H5NS/c1-7-5-3-2-4-6-7;2*1-6-3-2-4-7-5-6;1-4-5-2-3-6-4/h2-6H,1H3;2*2-5H,1H3;2-3H,1H3. The summed E-state index contributed by atoms with van der Waals surface area (Å²) in [6.45, 7) is 8.12. The van der Waals surface area contributed by atoms with Crippen molar-refractivity contribution in [1.29, 1.82) is 0 Å². The molecule has 0 saturated carbocycles. The van der Waals surface area contributed by atoms with Gasteiger partial charge in [-0.3, -0.25) is 15.0 Å². The summed E-state index contributed by atoms with van der Waals surface area (Å²) < 4.78 is 0. The predicted molar refractivity (Wildman–Crippen MR) is 116 cm³/mol. The van der Waals surface area contributed by atoms with Crippen LogP contribution < -0.4 is 0 Å². The average molecular weight is 378 g/mol. The van der Waals surface area contributed by atoms with Gasteiger partial charge in [0.05, 0.1) is 5.01 Å². The van der Waals surface area contributed by atoms with E-state index in [-0.39, 0.29) is 0 Å². The molecule has 4 heteroatoms. The number of nitrogens with zero attached hydrogens (tertiary/aromatic N) is 3. The topological polar surface area (TPSA) is 38.7 Å². The van der Waals surface area contributed by atoms with Crippen molar-refractivity contribution in [3.05, 3.63) is 113 Å². The third kappa shape index (κ3) is 13.1. The molecule has 0 saturated heterocycles. The Labute approximate surface area is 166 Å². The summed E-state index contributed by atoms with van der Waals surface area (Å²) in [5.41, 5.74) is 3.74. The molecule has 0 amide bonds. The Morgan fingerprint density at radius 3 is 1.30 bits per heavy atom. The fraction of sp³-hybridized carbons (Fsp3) is 0.174. The number of benzene rings is 1. The fourth-order valence-corrected chi connectivity index (χ4v) is 2.17. The van der Waals surface area contributed by atoms with E-state index in [9.17, 15) is 0 Å². The molecule has 0 unspecified atom stereocenters. The van der Waals surface area contributed by atoms with Gasteiger partial charge in [0, 0.05) is 36.4 Å². The van der Waals surface area contributed by atoms with Crippen molar-refractivity contribution in [2.75, 3.05) is 0 Å². The minimum Gasteiger partial charge on any atom is -0.264 e. The Balaban J connectivity index is 0.000000180. The molecule has 4 rings (SSSR count). The Hall–Kier alpha value is -2.85. The highest BCUT2D eigenvalue weighted by Gasteiger charge is 1.76. The molecule has 0 spiro atoms. The van der Waals surface area contributed by atoms with Crippen LogP contribution in [-0.4, -0.2) is 15.0 Å². The lowest BCUT2D eigenvalue weighted by atomic mass is 10.2. The van der Waals surface area contributed by atoms with E-state index in [1.165, 1.54) is 16.7 Å². The largest absolute Gasteiger partial charge is 0.264 e. The highest BCUT2D eigenvalue weighted by molar-refractivity contribution is 7.09. The summed E-state index contributed by atoms with van der Waals surface area (Å²) >= 11 is 1.67. The molecule has 3 heterocycles. The summed E-state index contributed by atoms with van der Waals surface area (Å²) in [6, 6.07) is 18.2. The van der Waals surface area contributed by atoms with E-state index in [0.717, 1.165) is 5.01 Å². The summed E-state index contributed by atoms with van der Waals surface area (Å²) in [6.07, 6.45) is 9.01. The molecule has 3 nitrogen and oxygen atoms in total. The van der Waals surface area contributed by atoms with Gasteiger partial charge < -0.3 is 0 Å². The monoisotopic (exact) mass is 377 g/mol. The molecular weight excluding hydrogens is 350 g/mol. The van der Waals surface area contributed by atoms with Crippen molar-refractivity contribution in [2.45, 2.75) is 27.7 Å². The van der Waals surface area contributed by atoms with Crippen molar-refractivity contribution < 1.29 is 0 Å². The van der Waals surface area contributed by atoms with Crippen LogP contribution in [0.5, 0.6) is 0 Å². The Bertz CT molecular complexity index is 713. The van der Waals surface area contributed by atoms with Gasteiger partial charge in [-0.05, 0) is 51.0 Å². The summed E-state index contributed by atoms with van der Waals surface area (Å²) in [5.74, 6) is 0. The van der Waals surface area contributed by atoms with Gasteiger partial charge in [0.1, 0.15) is 0 Å². The molecule has 0 aliphatic heterocycles. The molecular formula is C23H27N3S. The highest BCUT2D eigenvalue weighted by Crippen LogP contribution is 1.98. The Morgan fingerprint density at radius 1 is 0.593 bits per heavy atom. The molecule has 140 valence electrons. The van der Waals surface area contributed by atoms with E-state index in [1.807, 2.05) is 81.0 Å². The lowest BCUT2D eigenvalue weighted by Crippen LogP contribution is -1.69. The second-order valence-electron chi connectivity index (χ2n) is 5.77. The number of hydrogen-bond acceptors (Lipinski definition) is 4. The maximum absolute atomic E-state index is 3.94. The Morgan fingerprint density at radius 2 is 1.11 bits per heavy atom. The van der Waals surface area contributed by atoms with Crippen LogP contribution in [-0.2, 0) is 0 Å². The first-order valence-electron chi connectivity index (χ1n) is 8.69. The maximum Gasteiger partial charge on any atom is 0.0893 e. The van der Waals surface area contributed by atoms with E-state index in [4.69, 9.17) is 0 Å². The minimum atomic E-state index is 1.13. The van der Waals surface area contributed by atoms with Gasteiger partial charge in [-0.2, -0.15) is 0 Å². The van der Waals surface area contributed by atoms with Crippen molar-refractivity contribution in [2.24, 2.45) is 0 Å². The smallest absolute Gasteiger partial charge is 0.0893 e. The number of aryl methyl sites for hydroxylation is 4. The number of aromatic nitrogens is 3. The lowest BCUT2D eigenvalue weighted by Gasteiger charge is -1.82. The van der Waals surface area contributed by atoms with Crippen LogP contribution in [0.3, 0.4) is 0 Å². The van der Waals surface area contributed by atoms with E-state index in [0.29, 0.717) is 0 Å². The van der Waals surface area contributed by atoms with Gasteiger partial charge in [-0.25, -0.2) is 0 Å². The number of rotatable bonds is 0. The maximum atomic E-state index is 3.94. The van der Waals surface area contributed by atoms with Gasteiger partial charge in [0.25, 0.3) is 0 Å². The van der Waals surface area contributed by atoms with E-state index in [1.54, 1.807) is 29.9 Å². The molecule has 0 N–H and O–H groups in total. The predicted octanol–water partition coefficient (Wildman–Crippen LogP) is 6.23. The number of pyridine rings is 2. The SMILES string of the molecule is Cc1ccccc1.Cc1cccnc1.Cc1cccnc1.Cc1nccs1. The van der Waals surface area contributed by atoms with Crippen LogP contribution in [0.25, 0.3) is 0 Å². The van der Waals surface area contributed by atoms with Gasteiger partial charge in [-0.15, -0.1) is 11.3 Å². The molecule has 0 atom stereocenters. The molecule has 3 aromatic heterocycles. The number of hydrogen-bond donors (Lipinski definition) is 0. The molecule has 0 aliphatic rings. The summed E-state index contributed by atoms with van der Waals surface area (Å²) in [4.78, 5) is 11.7. The first-order valence-corrected chi connectivity index (χ1v) is 9.57. The van der Waals surface area contributed by atoms with Gasteiger partial charge >= 0.3 is 0 Å². The average Bonchev–Trinajstić information content (AvgIpc) is 3.16. The molecule has 0 fully saturated rings. The van der Waals surface area contributed by atoms with Gasteiger partial charge in [0.2, 0.25) is 0 Å². The van der Waals surface area contributed by atoms with Crippen LogP contribution in [0.15, 0.2) is 91.0 Å². The zero-order valence-electron chi connectivity index (χ0n) is 16.4. The molecule has 0 aliphatic carbocycles. The molecule has 0 radical (unpaired) electrons. The van der Waals surface area contributed by atoms with Crippen LogP contribution in [0, 0.1) is 27.7 Å². The van der Waals surface area contributed by atoms with Gasteiger partial charge in [-0.1, -0.05) is 48.0 Å². The van der Waals surface area contributed by atoms with Crippen molar-refractivity contribution >= 4 is 11.3 Å². The molecule has 1 aromatic carbocycles. The summed E-state index contributed by atoms with van der Waals surface area (Å²) in [7, 11) is 0. The van der Waals surface area contributed by atoms with E-state index in [2.05, 4.69) is 34.0 Å². The normalized spacial score (nSPS) is 8.74. The first kappa shape index (κ1) is 22.2. The minimum absolute atomic E-state index is 1.13. The molecule has 4 aromatic rings. The van der Waals surface area contributed by atoms with Crippen LogP contribution in [0.2, 0.25) is 0 Å². The molecule has 27 heavy (non-hydrogen) atoms. The first-order chi connectivity index (χ1) is 13.1. The Kier molecular flexibility index (Phi) is 11.8. The van der Waals surface area contributed by atoms with Crippen LogP contribution >= 0.6 is 11.3 Å².